The zero-order valence-electron chi connectivity index (χ0n) is 10.6. The number of thiophene rings is 1. The van der Waals surface area contributed by atoms with Crippen molar-refractivity contribution in [2.75, 3.05) is 20.2 Å². The second-order valence-electron chi connectivity index (χ2n) is 4.61. The summed E-state index contributed by atoms with van der Waals surface area (Å²) in [5, 5.41) is 1.49. The minimum Gasteiger partial charge on any atom is -0.497 e. The fraction of sp³-hybridized carbons (Fsp3) is 0.357. The molecule has 0 aliphatic carbocycles. The van der Waals surface area contributed by atoms with Crippen LogP contribution < -0.4 is 4.74 Å². The van der Waals surface area contributed by atoms with Crippen LogP contribution in [0, 0.1) is 0 Å². The molecule has 0 radical (unpaired) electrons. The Morgan fingerprint density at radius 2 is 2.11 bits per heavy atom. The molecule has 1 fully saturated rings. The molecule has 3 nitrogen and oxygen atoms in total. The molecule has 0 unspecified atom stereocenters. The normalized spacial score (nSPS) is 15.2. The van der Waals surface area contributed by atoms with E-state index in [4.69, 9.17) is 16.3 Å². The highest BCUT2D eigenvalue weighted by atomic mass is 35.5. The Labute approximate surface area is 120 Å². The van der Waals surface area contributed by atoms with Gasteiger partial charge in [-0.15, -0.1) is 11.3 Å². The average Bonchev–Trinajstić information content (AvgIpc) is 3.06. The summed E-state index contributed by atoms with van der Waals surface area (Å²) in [5.41, 5.74) is 0. The van der Waals surface area contributed by atoms with E-state index in [0.29, 0.717) is 9.90 Å². The maximum absolute atomic E-state index is 12.4. The molecule has 0 bridgehead atoms. The number of nitrogens with zero attached hydrogens (tertiary/aromatic N) is 1. The highest BCUT2D eigenvalue weighted by Crippen LogP contribution is 2.38. The number of carbonyl (C=O) groups is 1. The van der Waals surface area contributed by atoms with Crippen LogP contribution in [0.2, 0.25) is 5.02 Å². The Hall–Kier alpha value is -1.26. The van der Waals surface area contributed by atoms with E-state index in [0.717, 1.165) is 41.8 Å². The van der Waals surface area contributed by atoms with E-state index < -0.39 is 0 Å². The molecule has 0 spiro atoms. The maximum Gasteiger partial charge on any atom is 0.265 e. The lowest BCUT2D eigenvalue weighted by Crippen LogP contribution is -2.26. The first kappa shape index (κ1) is 12.8. The molecule has 3 rings (SSSR count). The standard InChI is InChI=1S/C14H14ClNO2S/c1-18-9-4-5-10-11(8-9)19-13(12(10)15)14(17)16-6-2-3-7-16/h4-5,8H,2-3,6-7H2,1H3. The van der Waals surface area contributed by atoms with Crippen LogP contribution in [-0.4, -0.2) is 31.0 Å². The summed E-state index contributed by atoms with van der Waals surface area (Å²) in [6.45, 7) is 1.68. The third-order valence-corrected chi connectivity index (χ3v) is 5.07. The molecule has 1 aromatic carbocycles. The van der Waals surface area contributed by atoms with Crippen molar-refractivity contribution in [2.24, 2.45) is 0 Å². The number of fused-ring (bicyclic) bond motifs is 1. The third kappa shape index (κ3) is 2.19. The monoisotopic (exact) mass is 295 g/mol. The molecule has 2 aromatic rings. The van der Waals surface area contributed by atoms with E-state index in [1.165, 1.54) is 11.3 Å². The Morgan fingerprint density at radius 3 is 2.79 bits per heavy atom. The van der Waals surface area contributed by atoms with Gasteiger partial charge in [-0.05, 0) is 31.0 Å². The van der Waals surface area contributed by atoms with Crippen LogP contribution in [0.15, 0.2) is 18.2 Å². The predicted octanol–water partition coefficient (Wildman–Crippen LogP) is 3.80. The average molecular weight is 296 g/mol. The van der Waals surface area contributed by atoms with Crippen molar-refractivity contribution in [1.29, 1.82) is 0 Å². The number of halogens is 1. The van der Waals surface area contributed by atoms with Crippen molar-refractivity contribution >= 4 is 38.9 Å². The Bertz CT molecular complexity index is 632. The van der Waals surface area contributed by atoms with Crippen LogP contribution >= 0.6 is 22.9 Å². The van der Waals surface area contributed by atoms with Crippen LogP contribution in [-0.2, 0) is 0 Å². The van der Waals surface area contributed by atoms with Crippen LogP contribution in [0.4, 0.5) is 0 Å². The lowest BCUT2D eigenvalue weighted by Gasteiger charge is -2.13. The Balaban J connectivity index is 2.03. The first-order chi connectivity index (χ1) is 9.20. The van der Waals surface area contributed by atoms with Crippen molar-refractivity contribution in [3.05, 3.63) is 28.1 Å². The van der Waals surface area contributed by atoms with E-state index in [1.807, 2.05) is 23.1 Å². The SMILES string of the molecule is COc1ccc2c(Cl)c(C(=O)N3CCCC3)sc2c1. The number of rotatable bonds is 2. The van der Waals surface area contributed by atoms with Gasteiger partial charge >= 0.3 is 0 Å². The lowest BCUT2D eigenvalue weighted by molar-refractivity contribution is 0.0798. The van der Waals surface area contributed by atoms with Gasteiger partial charge in [0.1, 0.15) is 10.6 Å². The van der Waals surface area contributed by atoms with Crippen molar-refractivity contribution in [3.8, 4) is 5.75 Å². The molecule has 1 saturated heterocycles. The van der Waals surface area contributed by atoms with Gasteiger partial charge in [0.2, 0.25) is 0 Å². The number of methoxy groups -OCH3 is 1. The van der Waals surface area contributed by atoms with Crippen LogP contribution in [0.5, 0.6) is 5.75 Å². The zero-order valence-corrected chi connectivity index (χ0v) is 12.2. The van der Waals surface area contributed by atoms with Crippen LogP contribution in [0.3, 0.4) is 0 Å². The summed E-state index contributed by atoms with van der Waals surface area (Å²) in [4.78, 5) is 14.9. The van der Waals surface area contributed by atoms with Crippen LogP contribution in [0.1, 0.15) is 22.5 Å². The fourth-order valence-electron chi connectivity index (χ4n) is 2.37. The minimum absolute atomic E-state index is 0.0580. The van der Waals surface area contributed by atoms with E-state index >= 15 is 0 Å². The van der Waals surface area contributed by atoms with Crippen molar-refractivity contribution < 1.29 is 9.53 Å². The first-order valence-electron chi connectivity index (χ1n) is 6.26. The smallest absolute Gasteiger partial charge is 0.265 e. The molecule has 0 N–H and O–H groups in total. The molecule has 2 heterocycles. The number of likely N-dealkylation sites (tertiary alicyclic amines) is 1. The second kappa shape index (κ2) is 5.02. The summed E-state index contributed by atoms with van der Waals surface area (Å²) in [6.07, 6.45) is 2.17. The molecule has 100 valence electrons. The van der Waals surface area contributed by atoms with Gasteiger partial charge in [-0.1, -0.05) is 11.6 Å². The van der Waals surface area contributed by atoms with Gasteiger partial charge in [0, 0.05) is 23.2 Å². The van der Waals surface area contributed by atoms with Gasteiger partial charge in [-0.3, -0.25) is 4.79 Å². The van der Waals surface area contributed by atoms with Crippen molar-refractivity contribution in [2.45, 2.75) is 12.8 Å². The van der Waals surface area contributed by atoms with E-state index in [2.05, 4.69) is 0 Å². The zero-order chi connectivity index (χ0) is 13.4. The Morgan fingerprint density at radius 1 is 1.37 bits per heavy atom. The fourth-order valence-corrected chi connectivity index (χ4v) is 3.88. The molecule has 19 heavy (non-hydrogen) atoms. The van der Waals surface area contributed by atoms with Gasteiger partial charge < -0.3 is 9.64 Å². The third-order valence-electron chi connectivity index (χ3n) is 3.42. The van der Waals surface area contributed by atoms with Gasteiger partial charge in [-0.25, -0.2) is 0 Å². The molecular weight excluding hydrogens is 282 g/mol. The second-order valence-corrected chi connectivity index (χ2v) is 6.04. The Kier molecular flexibility index (Phi) is 3.37. The molecule has 0 atom stereocenters. The number of benzene rings is 1. The number of ether oxygens (including phenoxy) is 1. The predicted molar refractivity (Wildman–Crippen MR) is 78.5 cm³/mol. The van der Waals surface area contributed by atoms with E-state index in [1.54, 1.807) is 7.11 Å². The molecular formula is C14H14ClNO2S. The highest BCUT2D eigenvalue weighted by Gasteiger charge is 2.24. The summed E-state index contributed by atoms with van der Waals surface area (Å²) in [7, 11) is 1.63. The van der Waals surface area contributed by atoms with Gasteiger partial charge in [0.25, 0.3) is 5.91 Å². The van der Waals surface area contributed by atoms with Gasteiger partial charge in [-0.2, -0.15) is 0 Å². The number of hydrogen-bond acceptors (Lipinski definition) is 3. The molecule has 0 saturated carbocycles. The lowest BCUT2D eigenvalue weighted by atomic mass is 10.2. The summed E-state index contributed by atoms with van der Waals surface area (Å²) in [5.74, 6) is 0.841. The largest absolute Gasteiger partial charge is 0.497 e. The number of carbonyl (C=O) groups excluding carboxylic acids is 1. The molecule has 1 aromatic heterocycles. The molecule has 1 aliphatic rings. The van der Waals surface area contributed by atoms with Gasteiger partial charge in [0.15, 0.2) is 0 Å². The summed E-state index contributed by atoms with van der Waals surface area (Å²) < 4.78 is 6.19. The van der Waals surface area contributed by atoms with Crippen LogP contribution in [0.25, 0.3) is 10.1 Å². The minimum atomic E-state index is 0.0580. The van der Waals surface area contributed by atoms with Gasteiger partial charge in [0.05, 0.1) is 12.1 Å². The molecule has 1 amide bonds. The highest BCUT2D eigenvalue weighted by molar-refractivity contribution is 7.21. The van der Waals surface area contributed by atoms with E-state index in [9.17, 15) is 4.79 Å². The maximum atomic E-state index is 12.4. The number of amides is 1. The van der Waals surface area contributed by atoms with Crippen molar-refractivity contribution in [1.82, 2.24) is 4.90 Å². The topological polar surface area (TPSA) is 29.5 Å². The summed E-state index contributed by atoms with van der Waals surface area (Å²) >= 11 is 7.79. The summed E-state index contributed by atoms with van der Waals surface area (Å²) in [6, 6.07) is 5.70. The molecule has 5 heteroatoms. The quantitative estimate of drug-likeness (QED) is 0.843. The van der Waals surface area contributed by atoms with Crippen molar-refractivity contribution in [3.63, 3.8) is 0 Å². The van der Waals surface area contributed by atoms with E-state index in [-0.39, 0.29) is 5.91 Å². The molecule has 1 aliphatic heterocycles. The first-order valence-corrected chi connectivity index (χ1v) is 7.45. The number of hydrogen-bond donors (Lipinski definition) is 0.